The molecule has 106 valence electrons. The van der Waals surface area contributed by atoms with Crippen molar-refractivity contribution in [2.75, 3.05) is 18.6 Å². The Hall–Kier alpha value is -2.16. The molecule has 0 bridgehead atoms. The summed E-state index contributed by atoms with van der Waals surface area (Å²) in [4.78, 5) is 2.21. The minimum absolute atomic E-state index is 0.0317. The second-order valence-corrected chi connectivity index (χ2v) is 4.51. The van der Waals surface area contributed by atoms with Crippen molar-refractivity contribution in [3.8, 4) is 11.5 Å². The molecule has 0 aliphatic carbocycles. The molecule has 0 saturated heterocycles. The van der Waals surface area contributed by atoms with Crippen LogP contribution in [0.5, 0.6) is 11.5 Å². The van der Waals surface area contributed by atoms with Gasteiger partial charge in [0.1, 0.15) is 11.5 Å². The summed E-state index contributed by atoms with van der Waals surface area (Å²) in [7, 11) is 1.66. The third-order valence-electron chi connectivity index (χ3n) is 3.23. The van der Waals surface area contributed by atoms with Crippen LogP contribution in [-0.2, 0) is 0 Å². The molecule has 0 fully saturated rings. The Kier molecular flexibility index (Phi) is 4.88. The van der Waals surface area contributed by atoms with Gasteiger partial charge in [-0.3, -0.25) is 0 Å². The van der Waals surface area contributed by atoms with Crippen LogP contribution in [0.1, 0.15) is 13.8 Å². The van der Waals surface area contributed by atoms with Crippen LogP contribution in [0.25, 0.3) is 0 Å². The fraction of sp³-hybridized carbons (Fsp3) is 0.294. The number of methoxy groups -OCH3 is 1. The number of hydrogen-bond acceptors (Lipinski definition) is 3. The van der Waals surface area contributed by atoms with E-state index in [9.17, 15) is 0 Å². The molecule has 0 aromatic heterocycles. The lowest BCUT2D eigenvalue weighted by Crippen LogP contribution is -2.37. The summed E-state index contributed by atoms with van der Waals surface area (Å²) in [5.74, 6) is 1.67. The maximum Gasteiger partial charge on any atom is 0.169 e. The van der Waals surface area contributed by atoms with E-state index in [1.54, 1.807) is 7.11 Å². The van der Waals surface area contributed by atoms with E-state index in [1.807, 2.05) is 42.5 Å². The minimum atomic E-state index is -0.0317. The number of hydrogen-bond donors (Lipinski definition) is 0. The third kappa shape index (κ3) is 3.44. The number of anilines is 1. The second kappa shape index (κ2) is 6.85. The molecule has 1 unspecified atom stereocenters. The predicted molar refractivity (Wildman–Crippen MR) is 82.5 cm³/mol. The first kappa shape index (κ1) is 14.3. The highest BCUT2D eigenvalue weighted by molar-refractivity contribution is 5.46. The zero-order valence-corrected chi connectivity index (χ0v) is 12.2. The quantitative estimate of drug-likeness (QED) is 0.743. The van der Waals surface area contributed by atoms with Gasteiger partial charge < -0.3 is 14.4 Å². The fourth-order valence-corrected chi connectivity index (χ4v) is 2.18. The highest BCUT2D eigenvalue weighted by Crippen LogP contribution is 2.21. The van der Waals surface area contributed by atoms with E-state index in [4.69, 9.17) is 9.47 Å². The summed E-state index contributed by atoms with van der Waals surface area (Å²) in [6.45, 7) is 5.07. The second-order valence-electron chi connectivity index (χ2n) is 4.51. The first-order chi connectivity index (χ1) is 9.74. The molecule has 0 radical (unpaired) electrons. The SMILES string of the molecule is CCN(c1ccccc1)C(C)Oc1ccc(OC)cc1. The van der Waals surface area contributed by atoms with Gasteiger partial charge in [0, 0.05) is 12.2 Å². The third-order valence-corrected chi connectivity index (χ3v) is 3.23. The Balaban J connectivity index is 2.07. The molecular weight excluding hydrogens is 250 g/mol. The van der Waals surface area contributed by atoms with Crippen molar-refractivity contribution in [2.45, 2.75) is 20.1 Å². The van der Waals surface area contributed by atoms with Crippen LogP contribution in [0.3, 0.4) is 0 Å². The van der Waals surface area contributed by atoms with Gasteiger partial charge >= 0.3 is 0 Å². The number of nitrogens with zero attached hydrogens (tertiary/aromatic N) is 1. The van der Waals surface area contributed by atoms with Crippen LogP contribution in [-0.4, -0.2) is 19.9 Å². The van der Waals surface area contributed by atoms with E-state index in [1.165, 1.54) is 0 Å². The van der Waals surface area contributed by atoms with Crippen LogP contribution in [0.2, 0.25) is 0 Å². The molecule has 0 N–H and O–H groups in total. The van der Waals surface area contributed by atoms with Crippen molar-refractivity contribution < 1.29 is 9.47 Å². The molecule has 0 aliphatic rings. The highest BCUT2D eigenvalue weighted by atomic mass is 16.5. The van der Waals surface area contributed by atoms with Gasteiger partial charge in [0.25, 0.3) is 0 Å². The van der Waals surface area contributed by atoms with Crippen molar-refractivity contribution in [1.29, 1.82) is 0 Å². The zero-order chi connectivity index (χ0) is 14.4. The first-order valence-electron chi connectivity index (χ1n) is 6.87. The topological polar surface area (TPSA) is 21.7 Å². The molecule has 3 heteroatoms. The Morgan fingerprint density at radius 1 is 0.950 bits per heavy atom. The number of rotatable bonds is 6. The molecule has 3 nitrogen and oxygen atoms in total. The van der Waals surface area contributed by atoms with Crippen LogP contribution >= 0.6 is 0 Å². The Morgan fingerprint density at radius 2 is 1.55 bits per heavy atom. The van der Waals surface area contributed by atoms with Crippen molar-refractivity contribution >= 4 is 5.69 Å². The van der Waals surface area contributed by atoms with Gasteiger partial charge in [0.05, 0.1) is 7.11 Å². The van der Waals surface area contributed by atoms with Crippen molar-refractivity contribution in [2.24, 2.45) is 0 Å². The molecule has 0 amide bonds. The van der Waals surface area contributed by atoms with Gasteiger partial charge in [0.2, 0.25) is 0 Å². The van der Waals surface area contributed by atoms with Crippen LogP contribution in [0.4, 0.5) is 5.69 Å². The van der Waals surface area contributed by atoms with E-state index in [0.717, 1.165) is 23.7 Å². The molecule has 0 heterocycles. The first-order valence-corrected chi connectivity index (χ1v) is 6.87. The molecule has 2 aromatic rings. The van der Waals surface area contributed by atoms with Crippen LogP contribution < -0.4 is 14.4 Å². The van der Waals surface area contributed by atoms with Crippen molar-refractivity contribution in [3.05, 3.63) is 54.6 Å². The van der Waals surface area contributed by atoms with Gasteiger partial charge in [0.15, 0.2) is 6.23 Å². The predicted octanol–water partition coefficient (Wildman–Crippen LogP) is 3.95. The molecule has 1 atom stereocenters. The van der Waals surface area contributed by atoms with Crippen LogP contribution in [0.15, 0.2) is 54.6 Å². The summed E-state index contributed by atoms with van der Waals surface area (Å²) >= 11 is 0. The summed E-state index contributed by atoms with van der Waals surface area (Å²) in [6.07, 6.45) is -0.0317. The molecular formula is C17H21NO2. The average molecular weight is 271 g/mol. The van der Waals surface area contributed by atoms with Gasteiger partial charge in [-0.25, -0.2) is 0 Å². The van der Waals surface area contributed by atoms with E-state index >= 15 is 0 Å². The van der Waals surface area contributed by atoms with Crippen LogP contribution in [0, 0.1) is 0 Å². The lowest BCUT2D eigenvalue weighted by Gasteiger charge is -2.30. The fourth-order valence-electron chi connectivity index (χ4n) is 2.18. The van der Waals surface area contributed by atoms with E-state index in [2.05, 4.69) is 30.9 Å². The molecule has 2 rings (SSSR count). The zero-order valence-electron chi connectivity index (χ0n) is 12.2. The summed E-state index contributed by atoms with van der Waals surface area (Å²) in [5, 5.41) is 0. The smallest absolute Gasteiger partial charge is 0.169 e. The largest absolute Gasteiger partial charge is 0.497 e. The monoisotopic (exact) mass is 271 g/mol. The lowest BCUT2D eigenvalue weighted by molar-refractivity contribution is 0.216. The summed E-state index contributed by atoms with van der Waals surface area (Å²) in [5.41, 5.74) is 1.16. The minimum Gasteiger partial charge on any atom is -0.497 e. The highest BCUT2D eigenvalue weighted by Gasteiger charge is 2.13. The molecule has 0 aliphatic heterocycles. The lowest BCUT2D eigenvalue weighted by atomic mass is 10.3. The molecule has 0 saturated carbocycles. The maximum atomic E-state index is 5.99. The van der Waals surface area contributed by atoms with Crippen molar-refractivity contribution in [3.63, 3.8) is 0 Å². The maximum absolute atomic E-state index is 5.99. The van der Waals surface area contributed by atoms with Gasteiger partial charge in [-0.1, -0.05) is 18.2 Å². The summed E-state index contributed by atoms with van der Waals surface area (Å²) < 4.78 is 11.1. The standard InChI is InChI=1S/C17H21NO2/c1-4-18(15-8-6-5-7-9-15)14(2)20-17-12-10-16(19-3)11-13-17/h5-14H,4H2,1-3H3. The Morgan fingerprint density at radius 3 is 2.10 bits per heavy atom. The summed E-state index contributed by atoms with van der Waals surface area (Å²) in [6, 6.07) is 17.9. The molecule has 2 aromatic carbocycles. The van der Waals surface area contributed by atoms with Gasteiger partial charge in [-0.05, 0) is 50.2 Å². The Labute approximate surface area is 120 Å². The number of para-hydroxylation sites is 1. The molecule has 0 spiro atoms. The van der Waals surface area contributed by atoms with Crippen molar-refractivity contribution in [1.82, 2.24) is 0 Å². The Bertz CT molecular complexity index is 510. The number of ether oxygens (including phenoxy) is 2. The van der Waals surface area contributed by atoms with Gasteiger partial charge in [-0.2, -0.15) is 0 Å². The van der Waals surface area contributed by atoms with E-state index in [0.29, 0.717) is 0 Å². The number of benzene rings is 2. The van der Waals surface area contributed by atoms with Gasteiger partial charge in [-0.15, -0.1) is 0 Å². The average Bonchev–Trinajstić information content (AvgIpc) is 2.50. The normalized spacial score (nSPS) is 11.8. The van der Waals surface area contributed by atoms with E-state index < -0.39 is 0 Å². The van der Waals surface area contributed by atoms with E-state index in [-0.39, 0.29) is 6.23 Å². The molecule has 20 heavy (non-hydrogen) atoms.